The molecule has 1 rings (SSSR count). The first-order valence-electron chi connectivity index (χ1n) is 3.00. The van der Waals surface area contributed by atoms with E-state index in [2.05, 4.69) is 15.4 Å². The minimum absolute atomic E-state index is 0.365. The number of aliphatic hydroxyl groups is 3. The average Bonchev–Trinajstić information content (AvgIpc) is 2.60. The maximum Gasteiger partial charge on any atom is 0.100 e. The molecule has 0 radical (unpaired) electrons. The summed E-state index contributed by atoms with van der Waals surface area (Å²) in [6.45, 7) is -0.729. The molecule has 0 fully saturated rings. The SMILES string of the molecule is OCC(O)CO.c1cn[nH]n1. The van der Waals surface area contributed by atoms with Crippen molar-refractivity contribution in [2.24, 2.45) is 0 Å². The summed E-state index contributed by atoms with van der Waals surface area (Å²) in [6.07, 6.45) is 2.21. The van der Waals surface area contributed by atoms with Crippen molar-refractivity contribution in [1.29, 1.82) is 0 Å². The molecule has 6 heteroatoms. The summed E-state index contributed by atoms with van der Waals surface area (Å²) >= 11 is 0. The van der Waals surface area contributed by atoms with Gasteiger partial charge in [-0.2, -0.15) is 15.4 Å². The molecule has 6 nitrogen and oxygen atoms in total. The Morgan fingerprint density at radius 2 is 1.64 bits per heavy atom. The van der Waals surface area contributed by atoms with Gasteiger partial charge in [0, 0.05) is 0 Å². The van der Waals surface area contributed by atoms with E-state index < -0.39 is 6.10 Å². The van der Waals surface area contributed by atoms with Crippen molar-refractivity contribution in [2.45, 2.75) is 6.10 Å². The normalized spacial score (nSPS) is 9.09. The zero-order valence-corrected chi connectivity index (χ0v) is 5.88. The monoisotopic (exact) mass is 161 g/mol. The fourth-order valence-corrected chi connectivity index (χ4v) is 0.224. The van der Waals surface area contributed by atoms with Crippen molar-refractivity contribution in [2.75, 3.05) is 13.2 Å². The van der Waals surface area contributed by atoms with Gasteiger partial charge in [0.2, 0.25) is 0 Å². The van der Waals surface area contributed by atoms with Gasteiger partial charge in [-0.3, -0.25) is 0 Å². The minimum Gasteiger partial charge on any atom is -0.394 e. The highest BCUT2D eigenvalue weighted by atomic mass is 16.3. The third-order valence-corrected chi connectivity index (χ3v) is 0.753. The molecule has 1 heterocycles. The van der Waals surface area contributed by atoms with E-state index >= 15 is 0 Å². The number of aromatic amines is 1. The smallest absolute Gasteiger partial charge is 0.100 e. The molecule has 1 aromatic rings. The zero-order chi connectivity index (χ0) is 8.53. The lowest BCUT2D eigenvalue weighted by atomic mass is 10.4. The molecule has 0 unspecified atom stereocenters. The van der Waals surface area contributed by atoms with Gasteiger partial charge >= 0.3 is 0 Å². The molecule has 0 saturated carbocycles. The third-order valence-electron chi connectivity index (χ3n) is 0.753. The summed E-state index contributed by atoms with van der Waals surface area (Å²) < 4.78 is 0. The standard InChI is InChI=1S/C3H8O3.C2H3N3/c4-1-3(6)2-5;1-2-4-5-3-1/h3-6H,1-2H2;1-2H,(H,3,4,5). The van der Waals surface area contributed by atoms with Gasteiger partial charge in [-0.25, -0.2) is 0 Å². The Morgan fingerprint density at radius 3 is 1.73 bits per heavy atom. The summed E-state index contributed by atoms with van der Waals surface area (Å²) in [5, 5.41) is 33.3. The Labute approximate surface area is 63.5 Å². The molecule has 4 N–H and O–H groups in total. The first kappa shape index (κ1) is 10.0. The third kappa shape index (κ3) is 6.91. The number of H-pyrrole nitrogens is 1. The van der Waals surface area contributed by atoms with Gasteiger partial charge in [0.1, 0.15) is 6.10 Å². The minimum atomic E-state index is -0.954. The van der Waals surface area contributed by atoms with Crippen LogP contribution in [-0.2, 0) is 0 Å². The average molecular weight is 161 g/mol. The van der Waals surface area contributed by atoms with Crippen LogP contribution in [0, 0.1) is 0 Å². The van der Waals surface area contributed by atoms with Crippen LogP contribution in [0.4, 0.5) is 0 Å². The molecule has 0 bridgehead atoms. The molecule has 0 aliphatic rings. The van der Waals surface area contributed by atoms with E-state index in [1.807, 2.05) is 0 Å². The number of hydrogen-bond acceptors (Lipinski definition) is 5. The highest BCUT2D eigenvalue weighted by molar-refractivity contribution is 4.54. The predicted molar refractivity (Wildman–Crippen MR) is 36.6 cm³/mol. The van der Waals surface area contributed by atoms with E-state index in [0.29, 0.717) is 0 Å². The topological polar surface area (TPSA) is 102 Å². The lowest BCUT2D eigenvalue weighted by Gasteiger charge is -1.96. The molecule has 0 aromatic carbocycles. The summed E-state index contributed by atoms with van der Waals surface area (Å²) in [4.78, 5) is 0. The van der Waals surface area contributed by atoms with Crippen molar-refractivity contribution >= 4 is 0 Å². The fraction of sp³-hybridized carbons (Fsp3) is 0.600. The molecular formula is C5H11N3O3. The van der Waals surface area contributed by atoms with E-state index in [9.17, 15) is 0 Å². The summed E-state index contributed by atoms with van der Waals surface area (Å²) in [5.41, 5.74) is 0. The highest BCUT2D eigenvalue weighted by Crippen LogP contribution is 1.71. The lowest BCUT2D eigenvalue weighted by molar-refractivity contribution is 0.0450. The molecule has 0 amide bonds. The second-order valence-electron chi connectivity index (χ2n) is 1.68. The van der Waals surface area contributed by atoms with Crippen LogP contribution in [0.5, 0.6) is 0 Å². The van der Waals surface area contributed by atoms with E-state index in [1.165, 1.54) is 0 Å². The quantitative estimate of drug-likeness (QED) is 0.407. The van der Waals surface area contributed by atoms with Crippen molar-refractivity contribution in [3.63, 3.8) is 0 Å². The number of aromatic nitrogens is 3. The number of aliphatic hydroxyl groups excluding tert-OH is 3. The molecule has 0 atom stereocenters. The Morgan fingerprint density at radius 1 is 1.18 bits per heavy atom. The van der Waals surface area contributed by atoms with Crippen LogP contribution in [-0.4, -0.2) is 50.0 Å². The first-order valence-corrected chi connectivity index (χ1v) is 3.00. The van der Waals surface area contributed by atoms with Crippen LogP contribution in [0.2, 0.25) is 0 Å². The number of nitrogens with one attached hydrogen (secondary N) is 1. The number of hydrogen-bond donors (Lipinski definition) is 4. The van der Waals surface area contributed by atoms with Crippen LogP contribution < -0.4 is 0 Å². The molecule has 0 saturated heterocycles. The molecule has 11 heavy (non-hydrogen) atoms. The van der Waals surface area contributed by atoms with Gasteiger partial charge < -0.3 is 15.3 Å². The van der Waals surface area contributed by atoms with Gasteiger partial charge in [0.15, 0.2) is 0 Å². The summed E-state index contributed by atoms with van der Waals surface area (Å²) in [5.74, 6) is 0. The second kappa shape index (κ2) is 7.13. The Kier molecular flexibility index (Phi) is 6.50. The van der Waals surface area contributed by atoms with Crippen molar-refractivity contribution in [1.82, 2.24) is 15.4 Å². The maximum absolute atomic E-state index is 8.17. The Balaban J connectivity index is 0.000000183. The van der Waals surface area contributed by atoms with Gasteiger partial charge in [0.25, 0.3) is 0 Å². The van der Waals surface area contributed by atoms with Crippen molar-refractivity contribution < 1.29 is 15.3 Å². The van der Waals surface area contributed by atoms with Crippen LogP contribution in [0.15, 0.2) is 12.4 Å². The van der Waals surface area contributed by atoms with E-state index in [4.69, 9.17) is 15.3 Å². The molecule has 0 spiro atoms. The van der Waals surface area contributed by atoms with Crippen LogP contribution in [0.25, 0.3) is 0 Å². The zero-order valence-electron chi connectivity index (χ0n) is 5.88. The molecule has 1 aromatic heterocycles. The Bertz CT molecular complexity index is 123. The van der Waals surface area contributed by atoms with Gasteiger partial charge in [-0.05, 0) is 0 Å². The van der Waals surface area contributed by atoms with Crippen molar-refractivity contribution in [3.05, 3.63) is 12.4 Å². The molecule has 0 aliphatic heterocycles. The predicted octanol–water partition coefficient (Wildman–Crippen LogP) is -1.86. The summed E-state index contributed by atoms with van der Waals surface area (Å²) in [7, 11) is 0. The van der Waals surface area contributed by atoms with Gasteiger partial charge in [-0.1, -0.05) is 0 Å². The Hall–Kier alpha value is -0.980. The maximum atomic E-state index is 8.17. The second-order valence-corrected chi connectivity index (χ2v) is 1.68. The lowest BCUT2D eigenvalue weighted by Crippen LogP contribution is -2.15. The first-order chi connectivity index (χ1) is 5.31. The van der Waals surface area contributed by atoms with Gasteiger partial charge in [0.05, 0.1) is 25.6 Å². The van der Waals surface area contributed by atoms with Crippen LogP contribution in [0.3, 0.4) is 0 Å². The van der Waals surface area contributed by atoms with Crippen molar-refractivity contribution in [3.8, 4) is 0 Å². The van der Waals surface area contributed by atoms with E-state index in [0.717, 1.165) is 0 Å². The largest absolute Gasteiger partial charge is 0.394 e. The van der Waals surface area contributed by atoms with Gasteiger partial charge in [-0.15, -0.1) is 0 Å². The number of nitrogens with zero attached hydrogens (tertiary/aromatic N) is 2. The molecular weight excluding hydrogens is 150 g/mol. The molecule has 64 valence electrons. The fourth-order valence-electron chi connectivity index (χ4n) is 0.224. The number of rotatable bonds is 2. The highest BCUT2D eigenvalue weighted by Gasteiger charge is 1.93. The van der Waals surface area contributed by atoms with Crippen LogP contribution >= 0.6 is 0 Å². The van der Waals surface area contributed by atoms with Crippen LogP contribution in [0.1, 0.15) is 0 Å². The van der Waals surface area contributed by atoms with E-state index in [1.54, 1.807) is 12.4 Å². The molecule has 0 aliphatic carbocycles. The van der Waals surface area contributed by atoms with E-state index in [-0.39, 0.29) is 13.2 Å². The summed E-state index contributed by atoms with van der Waals surface area (Å²) in [6, 6.07) is 0.